The molecular weight excluding hydrogens is 306 g/mol. The van der Waals surface area contributed by atoms with Gasteiger partial charge in [-0.1, -0.05) is 48.5 Å². The molecular formula is C19H19NO4. The number of hydrogen-bond acceptors (Lipinski definition) is 3. The second-order valence-electron chi connectivity index (χ2n) is 6.06. The molecule has 3 N–H and O–H groups in total. The zero-order chi connectivity index (χ0) is 17.3. The molecule has 1 amide bonds. The van der Waals surface area contributed by atoms with E-state index in [1.54, 1.807) is 0 Å². The third-order valence-electron chi connectivity index (χ3n) is 4.42. The van der Waals surface area contributed by atoms with Gasteiger partial charge in [0.05, 0.1) is 6.10 Å². The maximum Gasteiger partial charge on any atom is 0.328 e. The minimum atomic E-state index is -1.30. The Kier molecular flexibility index (Phi) is 4.36. The average Bonchev–Trinajstić information content (AvgIpc) is 2.87. The second-order valence-corrected chi connectivity index (χ2v) is 6.06. The molecule has 1 aliphatic rings. The van der Waals surface area contributed by atoms with Crippen LogP contribution in [0.15, 0.2) is 48.5 Å². The van der Waals surface area contributed by atoms with Crippen molar-refractivity contribution in [3.63, 3.8) is 0 Å². The van der Waals surface area contributed by atoms with Crippen LogP contribution in [-0.4, -0.2) is 34.2 Å². The summed E-state index contributed by atoms with van der Waals surface area (Å²) in [5.74, 6) is -1.74. The lowest BCUT2D eigenvalue weighted by Crippen LogP contribution is -2.47. The first kappa shape index (κ1) is 16.2. The number of hydrogen-bond donors (Lipinski definition) is 3. The van der Waals surface area contributed by atoms with Crippen molar-refractivity contribution in [1.82, 2.24) is 5.32 Å². The zero-order valence-electron chi connectivity index (χ0n) is 13.3. The summed E-state index contributed by atoms with van der Waals surface area (Å²) in [6.07, 6.45) is -1.01. The highest BCUT2D eigenvalue weighted by atomic mass is 16.4. The van der Waals surface area contributed by atoms with Crippen molar-refractivity contribution in [3.8, 4) is 11.1 Å². The third-order valence-corrected chi connectivity index (χ3v) is 4.42. The van der Waals surface area contributed by atoms with Crippen LogP contribution in [0, 0.1) is 0 Å². The first-order valence-corrected chi connectivity index (χ1v) is 7.87. The first-order valence-electron chi connectivity index (χ1n) is 7.87. The summed E-state index contributed by atoms with van der Waals surface area (Å²) in [5, 5.41) is 21.0. The van der Waals surface area contributed by atoms with E-state index in [2.05, 4.69) is 5.32 Å². The largest absolute Gasteiger partial charge is 0.480 e. The Morgan fingerprint density at radius 1 is 1.04 bits per heavy atom. The standard InChI is InChI=1S/C19H19NO4/c1-11(21)18(19(23)24)20-17(22)10-16-14-8-4-2-6-12(14)13-7-3-5-9-15(13)16/h2-9,11,16,18,21H,10H2,1H3,(H,20,22)(H,23,24)/t11-,18+/m1/s1. The topological polar surface area (TPSA) is 86.6 Å². The fraction of sp³-hybridized carbons (Fsp3) is 0.263. The van der Waals surface area contributed by atoms with Crippen LogP contribution in [0.1, 0.15) is 30.4 Å². The van der Waals surface area contributed by atoms with Gasteiger partial charge in [0.2, 0.25) is 5.91 Å². The molecule has 1 aliphatic carbocycles. The molecule has 0 fully saturated rings. The predicted molar refractivity (Wildman–Crippen MR) is 89.6 cm³/mol. The number of amides is 1. The summed E-state index contributed by atoms with van der Waals surface area (Å²) >= 11 is 0. The molecule has 0 aromatic heterocycles. The van der Waals surface area contributed by atoms with Crippen LogP contribution in [0.4, 0.5) is 0 Å². The number of carbonyl (C=O) groups is 2. The number of fused-ring (bicyclic) bond motifs is 3. The molecule has 0 aliphatic heterocycles. The Morgan fingerprint density at radius 2 is 1.54 bits per heavy atom. The number of nitrogens with one attached hydrogen (secondary N) is 1. The summed E-state index contributed by atoms with van der Waals surface area (Å²) in [7, 11) is 0. The van der Waals surface area contributed by atoms with E-state index in [4.69, 9.17) is 5.11 Å². The molecule has 0 spiro atoms. The van der Waals surface area contributed by atoms with Gasteiger partial charge in [0.15, 0.2) is 6.04 Å². The van der Waals surface area contributed by atoms with Crippen LogP contribution in [0.5, 0.6) is 0 Å². The number of aliphatic carboxylic acids is 1. The summed E-state index contributed by atoms with van der Waals surface area (Å²) < 4.78 is 0. The van der Waals surface area contributed by atoms with Gasteiger partial charge < -0.3 is 15.5 Å². The maximum absolute atomic E-state index is 12.4. The first-order chi connectivity index (χ1) is 11.5. The Hall–Kier alpha value is -2.66. The minimum absolute atomic E-state index is 0.110. The van der Waals surface area contributed by atoms with Crippen molar-refractivity contribution in [2.24, 2.45) is 0 Å². The van der Waals surface area contributed by atoms with Crippen LogP contribution < -0.4 is 5.32 Å². The van der Waals surface area contributed by atoms with Gasteiger partial charge in [-0.25, -0.2) is 4.79 Å². The third kappa shape index (κ3) is 2.90. The minimum Gasteiger partial charge on any atom is -0.480 e. The van der Waals surface area contributed by atoms with E-state index < -0.39 is 18.1 Å². The molecule has 2 aromatic rings. The van der Waals surface area contributed by atoms with Crippen molar-refractivity contribution >= 4 is 11.9 Å². The van der Waals surface area contributed by atoms with Gasteiger partial charge in [-0.15, -0.1) is 0 Å². The monoisotopic (exact) mass is 325 g/mol. The molecule has 0 bridgehead atoms. The Labute approximate surface area is 139 Å². The molecule has 2 aromatic carbocycles. The van der Waals surface area contributed by atoms with Gasteiger partial charge in [-0.3, -0.25) is 4.79 Å². The van der Waals surface area contributed by atoms with E-state index in [0.29, 0.717) is 0 Å². The van der Waals surface area contributed by atoms with E-state index in [1.807, 2.05) is 48.5 Å². The molecule has 5 nitrogen and oxygen atoms in total. The van der Waals surface area contributed by atoms with Crippen molar-refractivity contribution in [1.29, 1.82) is 0 Å². The normalized spacial score (nSPS) is 15.2. The van der Waals surface area contributed by atoms with E-state index >= 15 is 0 Å². The van der Waals surface area contributed by atoms with E-state index in [-0.39, 0.29) is 18.2 Å². The fourth-order valence-corrected chi connectivity index (χ4v) is 3.29. The highest BCUT2D eigenvalue weighted by Gasteiger charge is 2.31. The van der Waals surface area contributed by atoms with Crippen LogP contribution in [-0.2, 0) is 9.59 Å². The van der Waals surface area contributed by atoms with Gasteiger partial charge >= 0.3 is 5.97 Å². The zero-order valence-corrected chi connectivity index (χ0v) is 13.3. The van der Waals surface area contributed by atoms with Crippen LogP contribution in [0.2, 0.25) is 0 Å². The van der Waals surface area contributed by atoms with E-state index in [0.717, 1.165) is 22.3 Å². The van der Waals surface area contributed by atoms with Gasteiger partial charge in [-0.2, -0.15) is 0 Å². The lowest BCUT2D eigenvalue weighted by molar-refractivity contribution is -0.144. The molecule has 0 radical (unpaired) electrons. The number of carbonyl (C=O) groups excluding carboxylic acids is 1. The van der Waals surface area contributed by atoms with Gasteiger partial charge in [0.25, 0.3) is 0 Å². The van der Waals surface area contributed by atoms with Crippen molar-refractivity contribution < 1.29 is 19.8 Å². The molecule has 124 valence electrons. The van der Waals surface area contributed by atoms with Crippen LogP contribution in [0.3, 0.4) is 0 Å². The molecule has 24 heavy (non-hydrogen) atoms. The summed E-state index contributed by atoms with van der Waals surface area (Å²) in [6.45, 7) is 1.35. The average molecular weight is 325 g/mol. The summed E-state index contributed by atoms with van der Waals surface area (Å²) in [5.41, 5.74) is 4.35. The molecule has 0 saturated heterocycles. The number of aliphatic hydroxyl groups is 1. The van der Waals surface area contributed by atoms with Gasteiger partial charge in [-0.05, 0) is 29.2 Å². The van der Waals surface area contributed by atoms with Crippen LogP contribution >= 0.6 is 0 Å². The summed E-state index contributed by atoms with van der Waals surface area (Å²) in [6, 6.07) is 14.6. The number of benzene rings is 2. The highest BCUT2D eigenvalue weighted by molar-refractivity contribution is 5.87. The fourth-order valence-electron chi connectivity index (χ4n) is 3.29. The number of rotatable bonds is 5. The van der Waals surface area contributed by atoms with Gasteiger partial charge in [0.1, 0.15) is 0 Å². The molecule has 0 saturated carbocycles. The Balaban J connectivity index is 1.85. The molecule has 3 rings (SSSR count). The molecule has 0 unspecified atom stereocenters. The highest BCUT2D eigenvalue weighted by Crippen LogP contribution is 2.45. The molecule has 2 atom stereocenters. The smallest absolute Gasteiger partial charge is 0.328 e. The quantitative estimate of drug-likeness (QED) is 0.786. The van der Waals surface area contributed by atoms with Crippen molar-refractivity contribution in [2.75, 3.05) is 0 Å². The lowest BCUT2D eigenvalue weighted by Gasteiger charge is -2.19. The lowest BCUT2D eigenvalue weighted by atomic mass is 9.93. The number of aliphatic hydroxyl groups excluding tert-OH is 1. The van der Waals surface area contributed by atoms with Crippen molar-refractivity contribution in [2.45, 2.75) is 31.4 Å². The van der Waals surface area contributed by atoms with Crippen LogP contribution in [0.25, 0.3) is 11.1 Å². The molecule has 5 heteroatoms. The SMILES string of the molecule is C[C@@H](O)[C@H](NC(=O)CC1c2ccccc2-c2ccccc21)C(=O)O. The maximum atomic E-state index is 12.4. The Bertz CT molecular complexity index is 739. The number of carboxylic acid groups (broad SMARTS) is 1. The number of carboxylic acids is 1. The Morgan fingerprint density at radius 3 is 2.00 bits per heavy atom. The van der Waals surface area contributed by atoms with Crippen molar-refractivity contribution in [3.05, 3.63) is 59.7 Å². The molecule has 0 heterocycles. The predicted octanol–water partition coefficient (Wildman–Crippen LogP) is 2.14. The van der Waals surface area contributed by atoms with Gasteiger partial charge in [0, 0.05) is 12.3 Å². The van der Waals surface area contributed by atoms with E-state index in [9.17, 15) is 14.7 Å². The second kappa shape index (κ2) is 6.45. The van der Waals surface area contributed by atoms with E-state index in [1.165, 1.54) is 6.92 Å². The summed E-state index contributed by atoms with van der Waals surface area (Å²) in [4.78, 5) is 23.5.